The molecule has 0 spiro atoms. The Bertz CT molecular complexity index is 923. The van der Waals surface area contributed by atoms with E-state index >= 15 is 0 Å². The first-order valence-corrected chi connectivity index (χ1v) is 8.22. The number of carbonyl (C=O) groups is 1. The molecule has 0 saturated heterocycles. The fraction of sp³-hybridized carbons (Fsp3) is 0.267. The Balaban J connectivity index is 2.79. The molecule has 1 amide bonds. The van der Waals surface area contributed by atoms with Crippen LogP contribution < -0.4 is 8.92 Å². The molecular weight excluding hydrogens is 363 g/mol. The summed E-state index contributed by atoms with van der Waals surface area (Å²) in [5.74, 6) is -0.896. The van der Waals surface area contributed by atoms with Gasteiger partial charge < -0.3 is 13.8 Å². The maximum atomic E-state index is 12.6. The Kier molecular flexibility index (Phi) is 4.85. The van der Waals surface area contributed by atoms with Crippen molar-refractivity contribution in [1.82, 2.24) is 4.90 Å². The molecule has 0 N–H and O–H groups in total. The third kappa shape index (κ3) is 3.48. The lowest BCUT2D eigenvalue weighted by Crippen LogP contribution is -2.28. The standard InChI is InChI=1S/C15H14F3NO5S/c1-19(2)14(20)10-7-8-11(23-3)9-5-4-6-12(13(9)10)24-25(21,22)15(16,17)18/h4-8H,1-3H3. The Hall–Kier alpha value is -2.49. The summed E-state index contributed by atoms with van der Waals surface area (Å²) >= 11 is 0. The molecule has 0 aliphatic carbocycles. The minimum atomic E-state index is -5.89. The first-order chi connectivity index (χ1) is 11.5. The van der Waals surface area contributed by atoms with Crippen LogP contribution in [0.1, 0.15) is 10.4 Å². The largest absolute Gasteiger partial charge is 0.534 e. The lowest BCUT2D eigenvalue weighted by molar-refractivity contribution is -0.0499. The zero-order valence-corrected chi connectivity index (χ0v) is 14.2. The summed E-state index contributed by atoms with van der Waals surface area (Å²) in [4.78, 5) is 13.5. The van der Waals surface area contributed by atoms with E-state index in [0.29, 0.717) is 0 Å². The van der Waals surface area contributed by atoms with Crippen molar-refractivity contribution in [3.05, 3.63) is 35.9 Å². The molecule has 10 heteroatoms. The summed E-state index contributed by atoms with van der Waals surface area (Å²) in [6.45, 7) is 0. The van der Waals surface area contributed by atoms with Crippen molar-refractivity contribution in [2.45, 2.75) is 5.51 Å². The molecule has 0 aromatic heterocycles. The second kappa shape index (κ2) is 6.43. The molecule has 0 radical (unpaired) electrons. The van der Waals surface area contributed by atoms with E-state index in [4.69, 9.17) is 4.74 Å². The smallest absolute Gasteiger partial charge is 0.496 e. The number of nitrogens with zero attached hydrogens (tertiary/aromatic N) is 1. The van der Waals surface area contributed by atoms with Gasteiger partial charge in [-0.1, -0.05) is 12.1 Å². The Morgan fingerprint density at radius 2 is 1.72 bits per heavy atom. The highest BCUT2D eigenvalue weighted by Crippen LogP contribution is 2.37. The third-order valence-corrected chi connectivity index (χ3v) is 4.27. The molecule has 0 atom stereocenters. The van der Waals surface area contributed by atoms with Crippen LogP contribution in [0.3, 0.4) is 0 Å². The van der Waals surface area contributed by atoms with E-state index in [9.17, 15) is 26.4 Å². The Morgan fingerprint density at radius 3 is 2.24 bits per heavy atom. The van der Waals surface area contributed by atoms with Crippen LogP contribution in [-0.4, -0.2) is 45.9 Å². The van der Waals surface area contributed by atoms with Crippen LogP contribution in [0.25, 0.3) is 10.8 Å². The molecule has 25 heavy (non-hydrogen) atoms. The predicted molar refractivity (Wildman–Crippen MR) is 84.1 cm³/mol. The zero-order valence-electron chi connectivity index (χ0n) is 13.4. The highest BCUT2D eigenvalue weighted by molar-refractivity contribution is 7.88. The number of rotatable bonds is 4. The number of alkyl halides is 3. The van der Waals surface area contributed by atoms with E-state index in [1.807, 2.05) is 0 Å². The summed E-state index contributed by atoms with van der Waals surface area (Å²) in [6, 6.07) is 6.61. The third-order valence-electron chi connectivity index (χ3n) is 3.30. The fourth-order valence-electron chi connectivity index (χ4n) is 2.18. The van der Waals surface area contributed by atoms with E-state index in [-0.39, 0.29) is 22.1 Å². The summed E-state index contributed by atoms with van der Waals surface area (Å²) in [6.07, 6.45) is 0. The second-order valence-electron chi connectivity index (χ2n) is 5.18. The minimum Gasteiger partial charge on any atom is -0.496 e. The number of amides is 1. The van der Waals surface area contributed by atoms with Crippen molar-refractivity contribution in [1.29, 1.82) is 0 Å². The lowest BCUT2D eigenvalue weighted by atomic mass is 10.0. The number of halogens is 3. The number of hydrogen-bond acceptors (Lipinski definition) is 5. The molecule has 0 bridgehead atoms. The van der Waals surface area contributed by atoms with Crippen molar-refractivity contribution in [3.63, 3.8) is 0 Å². The number of hydrogen-bond donors (Lipinski definition) is 0. The van der Waals surface area contributed by atoms with Crippen LogP contribution in [0, 0.1) is 0 Å². The maximum absolute atomic E-state index is 12.6. The molecule has 136 valence electrons. The van der Waals surface area contributed by atoms with E-state index in [1.165, 1.54) is 50.4 Å². The number of ether oxygens (including phenoxy) is 1. The first kappa shape index (κ1) is 18.8. The van der Waals surface area contributed by atoms with Crippen LogP contribution in [0.2, 0.25) is 0 Å². The highest BCUT2D eigenvalue weighted by Gasteiger charge is 2.48. The molecule has 0 fully saturated rings. The van der Waals surface area contributed by atoms with Gasteiger partial charge in [-0.3, -0.25) is 4.79 Å². The number of carbonyl (C=O) groups excluding carboxylic acids is 1. The quantitative estimate of drug-likeness (QED) is 0.605. The number of fused-ring (bicyclic) bond motifs is 1. The van der Waals surface area contributed by atoms with Crippen molar-refractivity contribution in [2.24, 2.45) is 0 Å². The lowest BCUT2D eigenvalue weighted by Gasteiger charge is -2.17. The van der Waals surface area contributed by atoms with Crippen LogP contribution >= 0.6 is 0 Å². The van der Waals surface area contributed by atoms with Gasteiger partial charge in [-0.2, -0.15) is 21.6 Å². The maximum Gasteiger partial charge on any atom is 0.534 e. The van der Waals surface area contributed by atoms with E-state index in [0.717, 1.165) is 6.07 Å². The van der Waals surface area contributed by atoms with Gasteiger partial charge in [0, 0.05) is 24.9 Å². The highest BCUT2D eigenvalue weighted by atomic mass is 32.2. The van der Waals surface area contributed by atoms with Gasteiger partial charge in [-0.25, -0.2) is 0 Å². The summed E-state index contributed by atoms with van der Waals surface area (Å²) in [5, 5.41) is 0.151. The molecule has 0 unspecified atom stereocenters. The zero-order chi connectivity index (χ0) is 19.0. The number of methoxy groups -OCH3 is 1. The van der Waals surface area contributed by atoms with Gasteiger partial charge in [0.2, 0.25) is 0 Å². The van der Waals surface area contributed by atoms with Crippen LogP contribution in [0.5, 0.6) is 11.5 Å². The molecular formula is C15H14F3NO5S. The van der Waals surface area contributed by atoms with Gasteiger partial charge in [-0.15, -0.1) is 0 Å². The Labute approximate surface area is 141 Å². The molecule has 2 rings (SSSR count). The number of benzene rings is 2. The molecule has 6 nitrogen and oxygen atoms in total. The van der Waals surface area contributed by atoms with Crippen molar-refractivity contribution < 1.29 is 35.3 Å². The van der Waals surface area contributed by atoms with Crippen LogP contribution in [0.4, 0.5) is 13.2 Å². The fourth-order valence-corrected chi connectivity index (χ4v) is 2.65. The van der Waals surface area contributed by atoms with Gasteiger partial charge in [-0.05, 0) is 18.2 Å². The SMILES string of the molecule is COc1ccc(C(=O)N(C)C)c2c(OS(=O)(=O)C(F)(F)F)cccc12. The van der Waals surface area contributed by atoms with E-state index in [2.05, 4.69) is 4.18 Å². The summed E-state index contributed by atoms with van der Waals surface area (Å²) in [5.41, 5.74) is -5.62. The second-order valence-corrected chi connectivity index (χ2v) is 6.71. The molecule has 0 aliphatic heterocycles. The van der Waals surface area contributed by atoms with E-state index in [1.54, 1.807) is 0 Å². The van der Waals surface area contributed by atoms with Crippen LogP contribution in [0.15, 0.2) is 30.3 Å². The summed E-state index contributed by atoms with van der Waals surface area (Å²) < 4.78 is 70.0. The van der Waals surface area contributed by atoms with Gasteiger partial charge in [0.25, 0.3) is 5.91 Å². The first-order valence-electron chi connectivity index (χ1n) is 6.81. The molecule has 0 heterocycles. The van der Waals surface area contributed by atoms with E-state index < -0.39 is 27.3 Å². The van der Waals surface area contributed by atoms with Gasteiger partial charge in [0.05, 0.1) is 12.7 Å². The van der Waals surface area contributed by atoms with Gasteiger partial charge >= 0.3 is 15.6 Å². The molecule has 2 aromatic carbocycles. The summed E-state index contributed by atoms with van der Waals surface area (Å²) in [7, 11) is -1.65. The predicted octanol–water partition coefficient (Wildman–Crippen LogP) is 2.78. The minimum absolute atomic E-state index is 0.0197. The normalized spacial score (nSPS) is 12.1. The van der Waals surface area contributed by atoms with Crippen LogP contribution in [-0.2, 0) is 10.1 Å². The molecule has 0 aliphatic rings. The Morgan fingerprint density at radius 1 is 1.08 bits per heavy atom. The van der Waals surface area contributed by atoms with Gasteiger partial charge in [0.15, 0.2) is 5.75 Å². The topological polar surface area (TPSA) is 72.9 Å². The average Bonchev–Trinajstić information content (AvgIpc) is 2.51. The average molecular weight is 377 g/mol. The molecule has 0 saturated carbocycles. The molecule has 2 aromatic rings. The van der Waals surface area contributed by atoms with Crippen molar-refractivity contribution in [3.8, 4) is 11.5 Å². The monoisotopic (exact) mass is 377 g/mol. The van der Waals surface area contributed by atoms with Crippen molar-refractivity contribution in [2.75, 3.05) is 21.2 Å². The van der Waals surface area contributed by atoms with Gasteiger partial charge in [0.1, 0.15) is 5.75 Å². The van der Waals surface area contributed by atoms with Crippen molar-refractivity contribution >= 4 is 26.8 Å².